The first-order valence-electron chi connectivity index (χ1n) is 9.53. The fourth-order valence-corrected chi connectivity index (χ4v) is 2.85. The Kier molecular flexibility index (Phi) is 8.69. The van der Waals surface area contributed by atoms with E-state index in [2.05, 4.69) is 5.32 Å². The fraction of sp³-hybridized carbons (Fsp3) is 0.318. The number of methoxy groups -OCH3 is 1. The van der Waals surface area contributed by atoms with Crippen molar-refractivity contribution in [2.45, 2.75) is 13.8 Å². The number of rotatable bonds is 9. The highest BCUT2D eigenvalue weighted by molar-refractivity contribution is 6.32. The first kappa shape index (κ1) is 24.0. The van der Waals surface area contributed by atoms with E-state index < -0.39 is 18.5 Å². The average molecular weight is 449 g/mol. The smallest absolute Gasteiger partial charge is 0.338 e. The van der Waals surface area contributed by atoms with Crippen LogP contribution in [0, 0.1) is 6.92 Å². The number of carbonyl (C=O) groups is 3. The number of carbonyl (C=O) groups excluding carboxylic acids is 3. The van der Waals surface area contributed by atoms with E-state index in [-0.39, 0.29) is 28.8 Å². The highest BCUT2D eigenvalue weighted by Gasteiger charge is 2.19. The predicted molar refractivity (Wildman–Crippen MR) is 117 cm³/mol. The Morgan fingerprint density at radius 3 is 2.42 bits per heavy atom. The van der Waals surface area contributed by atoms with Gasteiger partial charge >= 0.3 is 5.97 Å². The van der Waals surface area contributed by atoms with Gasteiger partial charge in [0.05, 0.1) is 30.8 Å². The van der Waals surface area contributed by atoms with Crippen molar-refractivity contribution in [1.29, 1.82) is 0 Å². The third-order valence-corrected chi connectivity index (χ3v) is 4.50. The molecule has 0 aromatic heterocycles. The molecule has 0 aliphatic heterocycles. The molecule has 0 saturated carbocycles. The lowest BCUT2D eigenvalue weighted by molar-refractivity contribution is -0.136. The van der Waals surface area contributed by atoms with Gasteiger partial charge in [-0.25, -0.2) is 4.79 Å². The van der Waals surface area contributed by atoms with Crippen LogP contribution in [-0.2, 0) is 14.3 Å². The van der Waals surface area contributed by atoms with Crippen LogP contribution >= 0.6 is 11.6 Å². The van der Waals surface area contributed by atoms with Crippen molar-refractivity contribution in [2.75, 3.05) is 39.2 Å². The fourth-order valence-electron chi connectivity index (χ4n) is 2.58. The molecule has 0 saturated heterocycles. The standard InChI is InChI=1S/C22H25ClN2O6/c1-5-30-21-17(23)10-15(11-18(21)29-4)22(28)31-13-20(27)25(3)12-19(26)24-16-8-6-14(2)7-9-16/h6-11H,5,12-13H2,1-4H3,(H,24,26). The SMILES string of the molecule is CCOc1c(Cl)cc(C(=O)OCC(=O)N(C)CC(=O)Nc2ccc(C)cc2)cc1OC. The molecule has 2 aromatic carbocycles. The van der Waals surface area contributed by atoms with Gasteiger partial charge in [0.1, 0.15) is 0 Å². The van der Waals surface area contributed by atoms with Gasteiger partial charge < -0.3 is 24.4 Å². The number of amides is 2. The number of hydrogen-bond donors (Lipinski definition) is 1. The highest BCUT2D eigenvalue weighted by atomic mass is 35.5. The van der Waals surface area contributed by atoms with Crippen LogP contribution in [0.1, 0.15) is 22.8 Å². The summed E-state index contributed by atoms with van der Waals surface area (Å²) >= 11 is 6.15. The Balaban J connectivity index is 1.90. The van der Waals surface area contributed by atoms with E-state index in [0.717, 1.165) is 5.56 Å². The van der Waals surface area contributed by atoms with Crippen LogP contribution in [0.15, 0.2) is 36.4 Å². The molecule has 0 unspecified atom stereocenters. The van der Waals surface area contributed by atoms with Gasteiger partial charge in [0.25, 0.3) is 5.91 Å². The summed E-state index contributed by atoms with van der Waals surface area (Å²) in [5.41, 5.74) is 1.81. The van der Waals surface area contributed by atoms with E-state index >= 15 is 0 Å². The minimum atomic E-state index is -0.755. The molecule has 166 valence electrons. The van der Waals surface area contributed by atoms with Gasteiger partial charge in [-0.2, -0.15) is 0 Å². The maximum Gasteiger partial charge on any atom is 0.338 e. The molecule has 2 amide bonds. The lowest BCUT2D eigenvalue weighted by atomic mass is 10.2. The molecule has 0 fully saturated rings. The number of benzene rings is 2. The number of esters is 1. The molecule has 0 heterocycles. The molecular weight excluding hydrogens is 424 g/mol. The summed E-state index contributed by atoms with van der Waals surface area (Å²) in [6, 6.07) is 10.1. The Morgan fingerprint density at radius 1 is 1.13 bits per heavy atom. The van der Waals surface area contributed by atoms with E-state index in [9.17, 15) is 14.4 Å². The number of halogens is 1. The number of anilines is 1. The van der Waals surface area contributed by atoms with Gasteiger partial charge in [-0.15, -0.1) is 0 Å². The second-order valence-corrected chi connectivity index (χ2v) is 7.07. The highest BCUT2D eigenvalue weighted by Crippen LogP contribution is 2.36. The number of nitrogens with zero attached hydrogens (tertiary/aromatic N) is 1. The van der Waals surface area contributed by atoms with Gasteiger partial charge in [-0.1, -0.05) is 29.3 Å². The van der Waals surface area contributed by atoms with Gasteiger partial charge in [0.15, 0.2) is 18.1 Å². The molecule has 2 aromatic rings. The largest absolute Gasteiger partial charge is 0.493 e. The predicted octanol–water partition coefficient (Wildman–Crippen LogP) is 3.31. The molecule has 1 N–H and O–H groups in total. The van der Waals surface area contributed by atoms with Crippen LogP contribution in [0.3, 0.4) is 0 Å². The molecule has 9 heteroatoms. The zero-order chi connectivity index (χ0) is 23.0. The quantitative estimate of drug-likeness (QED) is 0.591. The molecule has 0 aliphatic rings. The third-order valence-electron chi connectivity index (χ3n) is 4.22. The monoisotopic (exact) mass is 448 g/mol. The van der Waals surface area contributed by atoms with Gasteiger partial charge in [0, 0.05) is 12.7 Å². The minimum Gasteiger partial charge on any atom is -0.493 e. The van der Waals surface area contributed by atoms with Crippen LogP contribution in [0.4, 0.5) is 5.69 Å². The number of hydrogen-bond acceptors (Lipinski definition) is 6. The zero-order valence-electron chi connectivity index (χ0n) is 17.9. The Labute approximate surface area is 186 Å². The van der Waals surface area contributed by atoms with Crippen molar-refractivity contribution in [3.63, 3.8) is 0 Å². The van der Waals surface area contributed by atoms with Crippen molar-refractivity contribution in [2.24, 2.45) is 0 Å². The molecule has 31 heavy (non-hydrogen) atoms. The van der Waals surface area contributed by atoms with Gasteiger partial charge in [-0.05, 0) is 38.1 Å². The first-order chi connectivity index (χ1) is 14.7. The summed E-state index contributed by atoms with van der Waals surface area (Å²) in [6.45, 7) is 3.39. The average Bonchev–Trinajstić information content (AvgIpc) is 2.74. The van der Waals surface area contributed by atoms with Crippen LogP contribution in [0.2, 0.25) is 5.02 Å². The number of ether oxygens (including phenoxy) is 3. The normalized spacial score (nSPS) is 10.2. The topological polar surface area (TPSA) is 94.2 Å². The van der Waals surface area contributed by atoms with Crippen molar-refractivity contribution in [3.8, 4) is 11.5 Å². The molecule has 2 rings (SSSR count). The second-order valence-electron chi connectivity index (χ2n) is 6.66. The third kappa shape index (κ3) is 6.89. The van der Waals surface area contributed by atoms with Crippen LogP contribution in [0.25, 0.3) is 0 Å². The molecule has 0 atom stereocenters. The van der Waals surface area contributed by atoms with E-state index in [1.165, 1.54) is 31.2 Å². The molecule has 0 radical (unpaired) electrons. The van der Waals surface area contributed by atoms with Crippen molar-refractivity contribution in [1.82, 2.24) is 4.90 Å². The van der Waals surface area contributed by atoms with Crippen molar-refractivity contribution >= 4 is 35.1 Å². The Bertz CT molecular complexity index is 946. The summed E-state index contributed by atoms with van der Waals surface area (Å²) in [4.78, 5) is 37.8. The lowest BCUT2D eigenvalue weighted by Crippen LogP contribution is -2.37. The molecule has 0 bridgehead atoms. The summed E-state index contributed by atoms with van der Waals surface area (Å²) in [6.07, 6.45) is 0. The van der Waals surface area contributed by atoms with E-state index in [1.54, 1.807) is 19.1 Å². The number of nitrogens with one attached hydrogen (secondary N) is 1. The summed E-state index contributed by atoms with van der Waals surface area (Å²) in [5, 5.41) is 2.88. The van der Waals surface area contributed by atoms with Gasteiger partial charge in [-0.3, -0.25) is 9.59 Å². The van der Waals surface area contributed by atoms with E-state index in [4.69, 9.17) is 25.8 Å². The molecule has 8 nitrogen and oxygen atoms in total. The zero-order valence-corrected chi connectivity index (χ0v) is 18.6. The second kappa shape index (κ2) is 11.2. The van der Waals surface area contributed by atoms with Crippen LogP contribution in [0.5, 0.6) is 11.5 Å². The lowest BCUT2D eigenvalue weighted by Gasteiger charge is -2.17. The van der Waals surface area contributed by atoms with Crippen LogP contribution < -0.4 is 14.8 Å². The molecule has 0 spiro atoms. The van der Waals surface area contributed by atoms with Crippen molar-refractivity contribution < 1.29 is 28.6 Å². The maximum absolute atomic E-state index is 12.3. The first-order valence-corrected chi connectivity index (χ1v) is 9.90. The Morgan fingerprint density at radius 2 is 1.81 bits per heavy atom. The minimum absolute atomic E-state index is 0.109. The van der Waals surface area contributed by atoms with Crippen LogP contribution in [-0.4, -0.2) is 56.6 Å². The molecular formula is C22H25ClN2O6. The Hall–Kier alpha value is -3.26. The van der Waals surface area contributed by atoms with E-state index in [0.29, 0.717) is 18.0 Å². The van der Waals surface area contributed by atoms with E-state index in [1.807, 2.05) is 19.1 Å². The summed E-state index contributed by atoms with van der Waals surface area (Å²) in [5.74, 6) is -1.06. The summed E-state index contributed by atoms with van der Waals surface area (Å²) in [7, 11) is 2.87. The number of aryl methyl sites for hydroxylation is 1. The van der Waals surface area contributed by atoms with Crippen molar-refractivity contribution in [3.05, 3.63) is 52.5 Å². The van der Waals surface area contributed by atoms with Gasteiger partial charge in [0.2, 0.25) is 5.91 Å². The molecule has 0 aliphatic carbocycles. The summed E-state index contributed by atoms with van der Waals surface area (Å²) < 4.78 is 15.7. The maximum atomic E-state index is 12.3. The number of likely N-dealkylation sites (N-methyl/N-ethyl adjacent to an activating group) is 1.